The zero-order valence-corrected chi connectivity index (χ0v) is 41.9. The molecule has 21 nitrogen and oxygen atoms in total. The van der Waals surface area contributed by atoms with Crippen LogP contribution in [-0.4, -0.2) is 137 Å². The minimum Gasteiger partial charge on any atom is -0.480 e. The molecule has 0 spiro atoms. The van der Waals surface area contributed by atoms with Gasteiger partial charge in [0.15, 0.2) is 0 Å². The lowest BCUT2D eigenvalue weighted by atomic mass is 10.00. The fourth-order valence-electron chi connectivity index (χ4n) is 8.36. The van der Waals surface area contributed by atoms with Gasteiger partial charge in [0.25, 0.3) is 0 Å². The number of H-pyrrole nitrogens is 1. The van der Waals surface area contributed by atoms with Crippen molar-refractivity contribution < 1.29 is 48.6 Å². The minimum atomic E-state index is -1.58. The summed E-state index contributed by atoms with van der Waals surface area (Å²) in [5.41, 5.74) is 13.1. The molecule has 1 aromatic carbocycles. The molecule has 0 aliphatic carbocycles. The van der Waals surface area contributed by atoms with E-state index < -0.39 is 96.4 Å². The Bertz CT molecular complexity index is 2020. The summed E-state index contributed by atoms with van der Waals surface area (Å²) in [6.45, 7) is 11.3. The summed E-state index contributed by atoms with van der Waals surface area (Å²) in [7, 11) is 0. The molecule has 1 aliphatic heterocycles. The summed E-state index contributed by atoms with van der Waals surface area (Å²) >= 11 is 0. The second kappa shape index (κ2) is 30.2. The average Bonchev–Trinajstić information content (AvgIpc) is 4.00. The number of fused-ring (bicyclic) bond motifs is 1. The Labute approximate surface area is 411 Å². The molecule has 1 aliphatic rings. The van der Waals surface area contributed by atoms with Gasteiger partial charge in [-0.25, -0.2) is 4.79 Å². The predicted octanol–water partition coefficient (Wildman–Crippen LogP) is 0.329. The van der Waals surface area contributed by atoms with E-state index >= 15 is 0 Å². The lowest BCUT2D eigenvalue weighted by molar-refractivity contribution is -0.143. The van der Waals surface area contributed by atoms with Crippen molar-refractivity contribution in [1.29, 1.82) is 0 Å². The number of nitrogens with two attached hydrogens (primary N) is 2. The van der Waals surface area contributed by atoms with Crippen molar-refractivity contribution in [3.05, 3.63) is 36.0 Å². The molecule has 3 rings (SSSR count). The third-order valence-electron chi connectivity index (χ3n) is 12.1. The number of carboxylic acids is 1. The van der Waals surface area contributed by atoms with Crippen molar-refractivity contribution >= 4 is 58.2 Å². The molecular weight excluding hydrogens is 903 g/mol. The average molecular weight is 984 g/mol. The van der Waals surface area contributed by atoms with Crippen molar-refractivity contribution in [1.82, 2.24) is 47.5 Å². The maximum Gasteiger partial charge on any atom is 0.326 e. The highest BCUT2D eigenvalue weighted by Gasteiger charge is 2.35. The zero-order valence-electron chi connectivity index (χ0n) is 41.9. The quantitative estimate of drug-likeness (QED) is 0.0440. The van der Waals surface area contributed by atoms with Crippen molar-refractivity contribution in [2.75, 3.05) is 26.2 Å². The van der Waals surface area contributed by atoms with Crippen LogP contribution in [0, 0.1) is 17.8 Å². The molecule has 8 atom stereocenters. The molecule has 7 amide bonds. The molecule has 15 N–H and O–H groups in total. The van der Waals surface area contributed by atoms with E-state index in [9.17, 15) is 48.6 Å². The first-order chi connectivity index (χ1) is 33.3. The number of amides is 7. The van der Waals surface area contributed by atoms with Crippen LogP contribution >= 0.6 is 0 Å². The first kappa shape index (κ1) is 58.7. The van der Waals surface area contributed by atoms with Crippen molar-refractivity contribution in [3.63, 3.8) is 0 Å². The van der Waals surface area contributed by atoms with Crippen LogP contribution < -0.4 is 54.0 Å². The number of unbranched alkanes of at least 4 members (excludes halogenated alkanes) is 2. The highest BCUT2D eigenvalue weighted by Crippen LogP contribution is 2.20. The number of aliphatic hydroxyl groups excluding tert-OH is 1. The third-order valence-corrected chi connectivity index (χ3v) is 12.1. The maximum atomic E-state index is 14.2. The SMILES string of the molecule is CC(C)C[C@H](NC(=O)[C@H](CCCCN)NC(=O)[C@H](CC(C)C)NC(=O)[C@H](CO)NC(=O)[C@H](CC(C)C)NC(=O)[C@H](CCCCN)NC(=O)[C@H](Cc1c[nH]c2ccccc12)NC(=O)[C@@H]1CCCN1)C(=O)O. The molecule has 1 aromatic heterocycles. The lowest BCUT2D eigenvalue weighted by Crippen LogP contribution is -2.61. The van der Waals surface area contributed by atoms with Crippen molar-refractivity contribution in [3.8, 4) is 0 Å². The van der Waals surface area contributed by atoms with Crippen LogP contribution in [0.4, 0.5) is 0 Å². The van der Waals surface area contributed by atoms with Crippen LogP contribution in [0.5, 0.6) is 0 Å². The van der Waals surface area contributed by atoms with Gasteiger partial charge in [0.1, 0.15) is 42.3 Å². The maximum absolute atomic E-state index is 14.2. The lowest BCUT2D eigenvalue weighted by Gasteiger charge is -2.28. The highest BCUT2D eigenvalue weighted by atomic mass is 16.4. The van der Waals surface area contributed by atoms with Gasteiger partial charge in [0.05, 0.1) is 12.6 Å². The molecule has 2 heterocycles. The number of benzene rings is 1. The zero-order chi connectivity index (χ0) is 51.9. The standard InChI is InChI=1S/C49H81N11O10/c1-28(2)22-37(45(65)54-36(17-10-12-20-51)44(64)59-40(49(69)70)24-30(5)6)57-48(68)41(27-61)60-46(66)38(23-29(3)4)56-43(63)35(16-9-11-19-50)55-47(67)39(58-42(62)34-18-13-21-52-34)25-31-26-53-33-15-8-7-14-32(31)33/h7-8,14-15,26,28-30,34-41,52-53,61H,9-13,16-25,27,50-51H2,1-6H3,(H,54,65)(H,55,67)(H,56,63)(H,57,68)(H,58,62)(H,59,64)(H,60,66)(H,69,70)/t34-,35-,36-,37-,38-,39-,40-,41-/m0/s1. The second-order valence-corrected chi connectivity index (χ2v) is 19.6. The molecule has 70 heavy (non-hydrogen) atoms. The van der Waals surface area contributed by atoms with E-state index in [4.69, 9.17) is 11.5 Å². The molecule has 392 valence electrons. The van der Waals surface area contributed by atoms with Crippen molar-refractivity contribution in [2.45, 2.75) is 167 Å². The van der Waals surface area contributed by atoms with E-state index in [1.165, 1.54) is 0 Å². The first-order valence-electron chi connectivity index (χ1n) is 24.9. The van der Waals surface area contributed by atoms with Gasteiger partial charge in [0.2, 0.25) is 41.4 Å². The van der Waals surface area contributed by atoms with Gasteiger partial charge in [0, 0.05) is 23.5 Å². The number of para-hydroxylation sites is 1. The van der Waals surface area contributed by atoms with E-state index in [0.717, 1.165) is 22.9 Å². The number of aromatic amines is 1. The van der Waals surface area contributed by atoms with Crippen LogP contribution in [0.1, 0.15) is 118 Å². The molecule has 21 heteroatoms. The molecule has 0 unspecified atom stereocenters. The summed E-state index contributed by atoms with van der Waals surface area (Å²) in [4.78, 5) is 112. The molecule has 0 saturated carbocycles. The van der Waals surface area contributed by atoms with E-state index in [1.807, 2.05) is 65.8 Å². The van der Waals surface area contributed by atoms with Crippen LogP contribution in [0.3, 0.4) is 0 Å². The monoisotopic (exact) mass is 984 g/mol. The van der Waals surface area contributed by atoms with Gasteiger partial charge in [-0.15, -0.1) is 0 Å². The number of rotatable bonds is 32. The van der Waals surface area contributed by atoms with Crippen LogP contribution in [0.25, 0.3) is 10.9 Å². The van der Waals surface area contributed by atoms with Gasteiger partial charge in [-0.05, 0) is 120 Å². The fraction of sp³-hybridized carbons (Fsp3) is 0.673. The third kappa shape index (κ3) is 19.6. The van der Waals surface area contributed by atoms with E-state index in [1.54, 1.807) is 6.20 Å². The molecule has 2 aromatic rings. The summed E-state index contributed by atoms with van der Waals surface area (Å²) < 4.78 is 0. The Kier molecular flexibility index (Phi) is 25.3. The van der Waals surface area contributed by atoms with Crippen LogP contribution in [-0.2, 0) is 44.8 Å². The minimum absolute atomic E-state index is 0.0496. The van der Waals surface area contributed by atoms with Crippen LogP contribution in [0.15, 0.2) is 30.5 Å². The van der Waals surface area contributed by atoms with Crippen LogP contribution in [0.2, 0.25) is 0 Å². The highest BCUT2D eigenvalue weighted by molar-refractivity contribution is 5.98. The number of hydrogen-bond donors (Lipinski definition) is 13. The Morgan fingerprint density at radius 3 is 1.51 bits per heavy atom. The van der Waals surface area contributed by atoms with Gasteiger partial charge >= 0.3 is 5.97 Å². The molecular formula is C49H81N11O10. The number of carboxylic acid groups (broad SMARTS) is 1. The van der Waals surface area contributed by atoms with Gasteiger partial charge in [-0.1, -0.05) is 59.7 Å². The molecule has 1 fully saturated rings. The summed E-state index contributed by atoms with van der Waals surface area (Å²) in [6.07, 6.45) is 5.90. The molecule has 0 bridgehead atoms. The Hall–Kier alpha value is -5.64. The molecule has 1 saturated heterocycles. The van der Waals surface area contributed by atoms with Gasteiger partial charge in [-0.3, -0.25) is 33.6 Å². The van der Waals surface area contributed by atoms with E-state index in [2.05, 4.69) is 47.5 Å². The van der Waals surface area contributed by atoms with E-state index in [-0.39, 0.29) is 62.2 Å². The summed E-state index contributed by atoms with van der Waals surface area (Å²) in [5.74, 6) is -6.39. The Morgan fingerprint density at radius 1 is 0.600 bits per heavy atom. The normalized spacial score (nSPS) is 16.7. The smallest absolute Gasteiger partial charge is 0.326 e. The van der Waals surface area contributed by atoms with Crippen molar-refractivity contribution in [2.24, 2.45) is 29.2 Å². The topological polar surface area (TPSA) is 341 Å². The number of hydrogen-bond acceptors (Lipinski definition) is 12. The number of aromatic nitrogens is 1. The predicted molar refractivity (Wildman–Crippen MR) is 265 cm³/mol. The number of aliphatic hydroxyl groups is 1. The first-order valence-corrected chi connectivity index (χ1v) is 24.9. The number of aliphatic carboxylic acids is 1. The summed E-state index contributed by atoms with van der Waals surface area (Å²) in [6, 6.07) is -1.56. The molecule has 0 radical (unpaired) electrons. The van der Waals surface area contributed by atoms with Gasteiger partial charge in [-0.2, -0.15) is 0 Å². The Balaban J connectivity index is 1.81. The fourth-order valence-corrected chi connectivity index (χ4v) is 8.36. The van der Waals surface area contributed by atoms with E-state index in [0.29, 0.717) is 51.7 Å². The number of carbonyl (C=O) groups is 8. The van der Waals surface area contributed by atoms with Gasteiger partial charge < -0.3 is 69.2 Å². The number of carbonyl (C=O) groups excluding carboxylic acids is 7. The largest absolute Gasteiger partial charge is 0.480 e. The summed E-state index contributed by atoms with van der Waals surface area (Å²) in [5, 5.41) is 43.0. The number of nitrogens with one attached hydrogen (secondary N) is 9. The second-order valence-electron chi connectivity index (χ2n) is 19.6. The Morgan fingerprint density at radius 2 is 1.04 bits per heavy atom.